The zero-order valence-electron chi connectivity index (χ0n) is 14.1. The molecule has 1 atom stereocenters. The summed E-state index contributed by atoms with van der Waals surface area (Å²) in [5.74, 6) is 0.456. The summed E-state index contributed by atoms with van der Waals surface area (Å²) in [6, 6.07) is 7.75. The van der Waals surface area contributed by atoms with Gasteiger partial charge >= 0.3 is 0 Å². The average molecular weight is 387 g/mol. The van der Waals surface area contributed by atoms with Gasteiger partial charge in [-0.15, -0.1) is 23.2 Å². The molecular formula is C16H24Cl2N6O. The highest BCUT2D eigenvalue weighted by atomic mass is 35.5. The van der Waals surface area contributed by atoms with Crippen LogP contribution < -0.4 is 16.4 Å². The number of azide groups is 1. The van der Waals surface area contributed by atoms with Crippen LogP contribution in [0.4, 0.5) is 5.69 Å². The lowest BCUT2D eigenvalue weighted by Crippen LogP contribution is -2.53. The SMILES string of the molecule is [N-]=[N+]=NCCC[C@](N)(Cc1ccc(N(CCCl)CCCl)cc1)C(N)=O. The number of carbonyl (C=O) groups is 1. The van der Waals surface area contributed by atoms with Gasteiger partial charge in [0.25, 0.3) is 0 Å². The van der Waals surface area contributed by atoms with Gasteiger partial charge in [0, 0.05) is 42.0 Å². The van der Waals surface area contributed by atoms with E-state index in [2.05, 4.69) is 14.9 Å². The number of anilines is 1. The molecule has 0 aliphatic carbocycles. The summed E-state index contributed by atoms with van der Waals surface area (Å²) in [6.07, 6.45) is 1.18. The molecule has 0 heterocycles. The third kappa shape index (κ3) is 7.00. The minimum atomic E-state index is -1.17. The molecule has 0 fully saturated rings. The fourth-order valence-electron chi connectivity index (χ4n) is 2.57. The first kappa shape index (κ1) is 21.4. The van der Waals surface area contributed by atoms with Crippen molar-refractivity contribution in [3.05, 3.63) is 40.3 Å². The normalized spacial score (nSPS) is 12.9. The van der Waals surface area contributed by atoms with E-state index in [1.165, 1.54) is 0 Å². The van der Waals surface area contributed by atoms with Crippen molar-refractivity contribution in [1.29, 1.82) is 0 Å². The topological polar surface area (TPSA) is 121 Å². The predicted molar refractivity (Wildman–Crippen MR) is 103 cm³/mol. The van der Waals surface area contributed by atoms with E-state index in [4.69, 9.17) is 40.2 Å². The summed E-state index contributed by atoms with van der Waals surface area (Å²) < 4.78 is 0. The zero-order chi connectivity index (χ0) is 18.7. The maximum absolute atomic E-state index is 11.8. The Bertz CT molecular complexity index is 585. The van der Waals surface area contributed by atoms with Crippen LogP contribution in [0.2, 0.25) is 0 Å². The Morgan fingerprint density at radius 1 is 1.24 bits per heavy atom. The predicted octanol–water partition coefficient (Wildman–Crippen LogP) is 2.79. The Labute approximate surface area is 157 Å². The lowest BCUT2D eigenvalue weighted by Gasteiger charge is -2.27. The number of hydrogen-bond acceptors (Lipinski definition) is 4. The second-order valence-electron chi connectivity index (χ2n) is 5.79. The molecule has 1 aromatic rings. The van der Waals surface area contributed by atoms with E-state index in [1.54, 1.807) is 0 Å². The number of hydrogen-bond donors (Lipinski definition) is 2. The Balaban J connectivity index is 2.81. The van der Waals surface area contributed by atoms with Crippen LogP contribution in [-0.2, 0) is 11.2 Å². The number of nitrogens with zero attached hydrogens (tertiary/aromatic N) is 4. The lowest BCUT2D eigenvalue weighted by atomic mass is 9.86. The monoisotopic (exact) mass is 386 g/mol. The minimum absolute atomic E-state index is 0.285. The largest absolute Gasteiger partial charge is 0.369 e. The van der Waals surface area contributed by atoms with E-state index < -0.39 is 11.4 Å². The number of benzene rings is 1. The van der Waals surface area contributed by atoms with Crippen molar-refractivity contribution < 1.29 is 4.79 Å². The number of primary amides is 1. The third-order valence-corrected chi connectivity index (χ3v) is 4.30. The van der Waals surface area contributed by atoms with Crippen LogP contribution in [0.15, 0.2) is 29.4 Å². The molecule has 0 spiro atoms. The fraction of sp³-hybridized carbons (Fsp3) is 0.562. The van der Waals surface area contributed by atoms with Crippen molar-refractivity contribution in [1.82, 2.24) is 0 Å². The molecule has 9 heteroatoms. The highest BCUT2D eigenvalue weighted by Gasteiger charge is 2.31. The maximum Gasteiger partial charge on any atom is 0.237 e. The van der Waals surface area contributed by atoms with Crippen LogP contribution in [0.5, 0.6) is 0 Å². The molecule has 25 heavy (non-hydrogen) atoms. The van der Waals surface area contributed by atoms with E-state index >= 15 is 0 Å². The second-order valence-corrected chi connectivity index (χ2v) is 6.54. The number of alkyl halides is 2. The minimum Gasteiger partial charge on any atom is -0.369 e. The standard InChI is InChI=1S/C16H24Cl2N6O/c17-7-10-24(11-8-18)14-4-2-13(3-5-14)12-16(20,15(19)25)6-1-9-22-23-21/h2-5H,1,6-12,20H2,(H2,19,25)/t16-/m0/s1. The maximum atomic E-state index is 11.8. The molecule has 0 aliphatic heterocycles. The zero-order valence-corrected chi connectivity index (χ0v) is 15.6. The van der Waals surface area contributed by atoms with E-state index in [0.717, 1.165) is 11.3 Å². The van der Waals surface area contributed by atoms with Gasteiger partial charge in [0.1, 0.15) is 0 Å². The van der Waals surface area contributed by atoms with Crippen LogP contribution >= 0.6 is 23.2 Å². The van der Waals surface area contributed by atoms with Crippen molar-refractivity contribution in [3.63, 3.8) is 0 Å². The summed E-state index contributed by atoms with van der Waals surface area (Å²) in [5, 5.41) is 3.45. The summed E-state index contributed by atoms with van der Waals surface area (Å²) in [4.78, 5) is 16.6. The van der Waals surface area contributed by atoms with Gasteiger partial charge in [-0.3, -0.25) is 4.79 Å². The molecule has 0 unspecified atom stereocenters. The Morgan fingerprint density at radius 2 is 1.84 bits per heavy atom. The van der Waals surface area contributed by atoms with Gasteiger partial charge in [0.2, 0.25) is 5.91 Å². The Kier molecular flexibility index (Phi) is 9.45. The van der Waals surface area contributed by atoms with Crippen LogP contribution in [0.25, 0.3) is 10.4 Å². The van der Waals surface area contributed by atoms with E-state index in [1.807, 2.05) is 24.3 Å². The van der Waals surface area contributed by atoms with Crippen molar-refractivity contribution in [2.75, 3.05) is 36.3 Å². The van der Waals surface area contributed by atoms with Crippen molar-refractivity contribution in [2.45, 2.75) is 24.8 Å². The Hall–Kier alpha value is -1.66. The van der Waals surface area contributed by atoms with Gasteiger partial charge in [-0.2, -0.15) is 0 Å². The van der Waals surface area contributed by atoms with Crippen molar-refractivity contribution in [2.24, 2.45) is 16.6 Å². The lowest BCUT2D eigenvalue weighted by molar-refractivity contribution is -0.123. The number of nitrogens with two attached hydrogens (primary N) is 2. The van der Waals surface area contributed by atoms with Gasteiger partial charge in [0.15, 0.2) is 0 Å². The van der Waals surface area contributed by atoms with E-state index in [0.29, 0.717) is 44.1 Å². The fourth-order valence-corrected chi connectivity index (χ4v) is 2.98. The molecule has 1 aromatic carbocycles. The van der Waals surface area contributed by atoms with Gasteiger partial charge < -0.3 is 16.4 Å². The molecule has 0 radical (unpaired) electrons. The quantitative estimate of drug-likeness (QED) is 0.189. The van der Waals surface area contributed by atoms with E-state index in [-0.39, 0.29) is 6.54 Å². The van der Waals surface area contributed by atoms with Gasteiger partial charge in [-0.05, 0) is 42.5 Å². The molecule has 1 rings (SSSR count). The second kappa shape index (κ2) is 11.1. The molecule has 0 aromatic heterocycles. The molecule has 1 amide bonds. The smallest absolute Gasteiger partial charge is 0.237 e. The van der Waals surface area contributed by atoms with Crippen LogP contribution in [-0.4, -0.2) is 42.8 Å². The third-order valence-electron chi connectivity index (χ3n) is 3.96. The molecular weight excluding hydrogens is 363 g/mol. The molecule has 138 valence electrons. The summed E-state index contributed by atoms with van der Waals surface area (Å²) >= 11 is 11.6. The molecule has 0 saturated heterocycles. The number of carbonyl (C=O) groups excluding carboxylic acids is 1. The van der Waals surface area contributed by atoms with Crippen LogP contribution in [0.1, 0.15) is 18.4 Å². The summed E-state index contributed by atoms with van der Waals surface area (Å²) in [7, 11) is 0. The number of rotatable bonds is 12. The first-order valence-corrected chi connectivity index (χ1v) is 9.09. The van der Waals surface area contributed by atoms with Gasteiger partial charge in [0.05, 0.1) is 5.54 Å². The first-order chi connectivity index (χ1) is 12.0. The number of halogens is 2. The molecule has 4 N–H and O–H groups in total. The van der Waals surface area contributed by atoms with Crippen LogP contribution in [0, 0.1) is 0 Å². The first-order valence-electron chi connectivity index (χ1n) is 8.02. The highest BCUT2D eigenvalue weighted by molar-refractivity contribution is 6.18. The van der Waals surface area contributed by atoms with Gasteiger partial charge in [-0.1, -0.05) is 17.2 Å². The van der Waals surface area contributed by atoms with E-state index in [9.17, 15) is 4.79 Å². The Morgan fingerprint density at radius 3 is 2.32 bits per heavy atom. The average Bonchev–Trinajstić information content (AvgIpc) is 2.59. The van der Waals surface area contributed by atoms with Crippen molar-refractivity contribution in [3.8, 4) is 0 Å². The molecule has 0 aliphatic rings. The van der Waals surface area contributed by atoms with Gasteiger partial charge in [-0.25, -0.2) is 0 Å². The highest BCUT2D eigenvalue weighted by Crippen LogP contribution is 2.21. The molecule has 7 nitrogen and oxygen atoms in total. The summed E-state index contributed by atoms with van der Waals surface area (Å²) in [5.41, 5.74) is 20.7. The molecule has 0 saturated carbocycles. The molecule has 0 bridgehead atoms. The van der Waals surface area contributed by atoms with Crippen LogP contribution in [0.3, 0.4) is 0 Å². The van der Waals surface area contributed by atoms with Crippen molar-refractivity contribution >= 4 is 34.8 Å². The summed E-state index contributed by atoms with van der Waals surface area (Å²) in [6.45, 7) is 1.69. The number of amides is 1.